The fraction of sp³-hybridized carbons (Fsp3) is 0.375. The summed E-state index contributed by atoms with van der Waals surface area (Å²) in [4.78, 5) is 8.44. The smallest absolute Gasteiger partial charge is 0.0302 e. The van der Waals surface area contributed by atoms with Crippen LogP contribution in [0.2, 0.25) is 0 Å². The molecule has 18 heavy (non-hydrogen) atoms. The van der Waals surface area contributed by atoms with Gasteiger partial charge in [-0.05, 0) is 42.0 Å². The first-order valence-electron chi connectivity index (χ1n) is 6.69. The number of hydrogen-bond donors (Lipinski definition) is 0. The second-order valence-electron chi connectivity index (χ2n) is 4.69. The number of unbranched alkanes of at least 4 members (excludes halogenated alkanes) is 1. The zero-order valence-corrected chi connectivity index (χ0v) is 10.9. The van der Waals surface area contributed by atoms with E-state index in [0.29, 0.717) is 5.92 Å². The van der Waals surface area contributed by atoms with Gasteiger partial charge in [0, 0.05) is 24.8 Å². The van der Waals surface area contributed by atoms with Gasteiger partial charge in [-0.25, -0.2) is 0 Å². The van der Waals surface area contributed by atoms with Crippen LogP contribution in [-0.2, 0) is 6.42 Å². The molecule has 94 valence electrons. The topological polar surface area (TPSA) is 25.8 Å². The Kier molecular flexibility index (Phi) is 4.88. The summed E-state index contributed by atoms with van der Waals surface area (Å²) in [6.45, 7) is 2.24. The number of aromatic nitrogens is 2. The Balaban J connectivity index is 2.10. The Morgan fingerprint density at radius 3 is 2.44 bits per heavy atom. The predicted molar refractivity (Wildman–Crippen MR) is 74.4 cm³/mol. The Hall–Kier alpha value is -1.70. The fourth-order valence-electron chi connectivity index (χ4n) is 2.26. The molecule has 0 amide bonds. The Morgan fingerprint density at radius 1 is 1.06 bits per heavy atom. The summed E-state index contributed by atoms with van der Waals surface area (Å²) < 4.78 is 0. The van der Waals surface area contributed by atoms with E-state index in [1.54, 1.807) is 0 Å². The van der Waals surface area contributed by atoms with Crippen molar-refractivity contribution in [3.8, 4) is 0 Å². The molecule has 0 saturated heterocycles. The lowest BCUT2D eigenvalue weighted by Crippen LogP contribution is -2.04. The van der Waals surface area contributed by atoms with E-state index in [4.69, 9.17) is 0 Å². The van der Waals surface area contributed by atoms with E-state index in [1.165, 1.54) is 30.4 Å². The van der Waals surface area contributed by atoms with Crippen LogP contribution in [0.4, 0.5) is 0 Å². The second kappa shape index (κ2) is 6.90. The third kappa shape index (κ3) is 3.66. The van der Waals surface area contributed by atoms with Crippen molar-refractivity contribution in [3.63, 3.8) is 0 Å². The molecule has 0 fully saturated rings. The molecule has 2 nitrogen and oxygen atoms in total. The maximum Gasteiger partial charge on any atom is 0.0302 e. The first-order chi connectivity index (χ1) is 8.90. The quantitative estimate of drug-likeness (QED) is 0.763. The Labute approximate surface area is 109 Å². The van der Waals surface area contributed by atoms with Crippen molar-refractivity contribution in [1.82, 2.24) is 9.97 Å². The van der Waals surface area contributed by atoms with Crippen molar-refractivity contribution in [2.45, 2.75) is 38.5 Å². The lowest BCUT2D eigenvalue weighted by molar-refractivity contribution is 0.579. The summed E-state index contributed by atoms with van der Waals surface area (Å²) >= 11 is 0. The zero-order chi connectivity index (χ0) is 12.6. The highest BCUT2D eigenvalue weighted by atomic mass is 14.6. The third-order valence-electron chi connectivity index (χ3n) is 3.27. The molecule has 2 heterocycles. The molecule has 0 aromatic carbocycles. The van der Waals surface area contributed by atoms with Crippen molar-refractivity contribution in [3.05, 3.63) is 60.2 Å². The van der Waals surface area contributed by atoms with Crippen LogP contribution in [0.1, 0.15) is 43.2 Å². The van der Waals surface area contributed by atoms with Gasteiger partial charge < -0.3 is 0 Å². The molecule has 1 unspecified atom stereocenters. The second-order valence-corrected chi connectivity index (χ2v) is 4.69. The van der Waals surface area contributed by atoms with Crippen molar-refractivity contribution < 1.29 is 0 Å². The lowest BCUT2D eigenvalue weighted by Gasteiger charge is -2.16. The van der Waals surface area contributed by atoms with Gasteiger partial charge in [0.2, 0.25) is 0 Å². The van der Waals surface area contributed by atoms with Crippen LogP contribution in [0.5, 0.6) is 0 Å². The average molecular weight is 240 g/mol. The van der Waals surface area contributed by atoms with Crippen LogP contribution in [0, 0.1) is 0 Å². The van der Waals surface area contributed by atoms with Crippen molar-refractivity contribution >= 4 is 0 Å². The molecule has 0 bridgehead atoms. The van der Waals surface area contributed by atoms with Gasteiger partial charge in [0.15, 0.2) is 0 Å². The maximum absolute atomic E-state index is 4.24. The summed E-state index contributed by atoms with van der Waals surface area (Å²) in [5.41, 5.74) is 2.65. The summed E-state index contributed by atoms with van der Waals surface area (Å²) in [5.74, 6) is 0.558. The molecule has 2 rings (SSSR count). The highest BCUT2D eigenvalue weighted by Crippen LogP contribution is 2.25. The summed E-state index contributed by atoms with van der Waals surface area (Å²) in [6, 6.07) is 8.37. The molecule has 2 aromatic heterocycles. The monoisotopic (exact) mass is 240 g/mol. The van der Waals surface area contributed by atoms with Gasteiger partial charge in [0.05, 0.1) is 0 Å². The minimum atomic E-state index is 0.558. The van der Waals surface area contributed by atoms with Gasteiger partial charge in [0.1, 0.15) is 0 Å². The first-order valence-corrected chi connectivity index (χ1v) is 6.69. The average Bonchev–Trinajstić information content (AvgIpc) is 2.45. The van der Waals surface area contributed by atoms with E-state index in [2.05, 4.69) is 29.0 Å². The molecule has 0 spiro atoms. The van der Waals surface area contributed by atoms with Gasteiger partial charge in [-0.15, -0.1) is 0 Å². The molecule has 0 N–H and O–H groups in total. The van der Waals surface area contributed by atoms with Crippen molar-refractivity contribution in [1.29, 1.82) is 0 Å². The van der Waals surface area contributed by atoms with Crippen LogP contribution < -0.4 is 0 Å². The van der Waals surface area contributed by atoms with Crippen LogP contribution in [-0.4, -0.2) is 9.97 Å². The number of pyridine rings is 2. The van der Waals surface area contributed by atoms with Crippen LogP contribution in [0.3, 0.4) is 0 Å². The molecule has 0 aliphatic rings. The standard InChI is InChI=1S/C16H20N2/c1-2-3-7-15(16-8-5-10-18-13-16)11-14-6-4-9-17-12-14/h4-6,8-10,12-13,15H,2-3,7,11H2,1H3. The maximum atomic E-state index is 4.24. The van der Waals surface area contributed by atoms with Crippen LogP contribution in [0.25, 0.3) is 0 Å². The minimum Gasteiger partial charge on any atom is -0.264 e. The van der Waals surface area contributed by atoms with Gasteiger partial charge >= 0.3 is 0 Å². The molecule has 2 heteroatoms. The molecule has 0 radical (unpaired) electrons. The van der Waals surface area contributed by atoms with E-state index >= 15 is 0 Å². The largest absolute Gasteiger partial charge is 0.264 e. The molecule has 0 aliphatic heterocycles. The van der Waals surface area contributed by atoms with E-state index < -0.39 is 0 Å². The Morgan fingerprint density at radius 2 is 1.83 bits per heavy atom. The van der Waals surface area contributed by atoms with E-state index in [-0.39, 0.29) is 0 Å². The molecule has 1 atom stereocenters. The number of hydrogen-bond acceptors (Lipinski definition) is 2. The fourth-order valence-corrected chi connectivity index (χ4v) is 2.26. The van der Waals surface area contributed by atoms with Gasteiger partial charge in [-0.3, -0.25) is 9.97 Å². The SMILES string of the molecule is CCCCC(Cc1cccnc1)c1cccnc1. The van der Waals surface area contributed by atoms with Gasteiger partial charge in [-0.1, -0.05) is 31.9 Å². The third-order valence-corrected chi connectivity index (χ3v) is 3.27. The van der Waals surface area contributed by atoms with Gasteiger partial charge in [-0.2, -0.15) is 0 Å². The minimum absolute atomic E-state index is 0.558. The first kappa shape index (κ1) is 12.7. The molecular weight excluding hydrogens is 220 g/mol. The Bertz CT molecular complexity index is 439. The van der Waals surface area contributed by atoms with E-state index in [1.807, 2.05) is 36.9 Å². The normalized spacial score (nSPS) is 12.3. The van der Waals surface area contributed by atoms with Gasteiger partial charge in [0.25, 0.3) is 0 Å². The summed E-state index contributed by atoms with van der Waals surface area (Å²) in [5, 5.41) is 0. The van der Waals surface area contributed by atoms with Crippen molar-refractivity contribution in [2.75, 3.05) is 0 Å². The van der Waals surface area contributed by atoms with E-state index in [0.717, 1.165) is 6.42 Å². The highest BCUT2D eigenvalue weighted by molar-refractivity contribution is 5.19. The predicted octanol–water partition coefficient (Wildman–Crippen LogP) is 3.99. The molecule has 0 saturated carbocycles. The van der Waals surface area contributed by atoms with Crippen LogP contribution in [0.15, 0.2) is 49.1 Å². The molecular formula is C16H20N2. The summed E-state index contributed by atoms with van der Waals surface area (Å²) in [7, 11) is 0. The van der Waals surface area contributed by atoms with E-state index in [9.17, 15) is 0 Å². The number of nitrogens with zero attached hydrogens (tertiary/aromatic N) is 2. The molecule has 2 aromatic rings. The lowest BCUT2D eigenvalue weighted by atomic mass is 9.89. The highest BCUT2D eigenvalue weighted by Gasteiger charge is 2.12. The molecule has 0 aliphatic carbocycles. The van der Waals surface area contributed by atoms with Crippen molar-refractivity contribution in [2.24, 2.45) is 0 Å². The zero-order valence-electron chi connectivity index (χ0n) is 10.9. The summed E-state index contributed by atoms with van der Waals surface area (Å²) in [6.07, 6.45) is 12.4. The number of rotatable bonds is 6. The van der Waals surface area contributed by atoms with Crippen LogP contribution >= 0.6 is 0 Å².